The van der Waals surface area contributed by atoms with Crippen molar-refractivity contribution in [1.82, 2.24) is 19.6 Å². The summed E-state index contributed by atoms with van der Waals surface area (Å²) < 4.78 is 1.98. The number of hydrogen-bond acceptors (Lipinski definition) is 4. The number of hydrogen-bond donors (Lipinski definition) is 1. The van der Waals surface area contributed by atoms with Crippen LogP contribution in [0, 0.1) is 0 Å². The number of thiocarbonyl (C=S) groups is 1. The molecule has 0 amide bonds. The second-order valence-electron chi connectivity index (χ2n) is 4.97. The zero-order valence-corrected chi connectivity index (χ0v) is 12.4. The standard InChI is InChI=1S/C13H23N5S/c1-2-12(13(14)19)17-9-6-16(7-10-17)8-11-18-5-3-4-15-18/h3-5,12H,2,6-11H2,1H3,(H2,14,19). The Hall–Kier alpha value is -0.980. The Kier molecular flexibility index (Phi) is 5.30. The van der Waals surface area contributed by atoms with Gasteiger partial charge in [-0.05, 0) is 12.5 Å². The van der Waals surface area contributed by atoms with Gasteiger partial charge in [0, 0.05) is 45.1 Å². The van der Waals surface area contributed by atoms with E-state index in [1.54, 1.807) is 0 Å². The molecule has 5 nitrogen and oxygen atoms in total. The van der Waals surface area contributed by atoms with Crippen molar-refractivity contribution in [2.45, 2.75) is 25.9 Å². The molecule has 0 bridgehead atoms. The van der Waals surface area contributed by atoms with Gasteiger partial charge in [0.25, 0.3) is 0 Å². The quantitative estimate of drug-likeness (QED) is 0.773. The summed E-state index contributed by atoms with van der Waals surface area (Å²) in [5.41, 5.74) is 5.80. The van der Waals surface area contributed by atoms with Gasteiger partial charge < -0.3 is 5.73 Å². The van der Waals surface area contributed by atoms with Gasteiger partial charge in [0.05, 0.1) is 17.6 Å². The summed E-state index contributed by atoms with van der Waals surface area (Å²) in [6.45, 7) is 8.43. The topological polar surface area (TPSA) is 50.3 Å². The zero-order valence-electron chi connectivity index (χ0n) is 11.5. The van der Waals surface area contributed by atoms with Crippen molar-refractivity contribution in [3.8, 4) is 0 Å². The van der Waals surface area contributed by atoms with E-state index >= 15 is 0 Å². The van der Waals surface area contributed by atoms with E-state index in [1.807, 2.05) is 23.1 Å². The van der Waals surface area contributed by atoms with Gasteiger partial charge in [0.1, 0.15) is 0 Å². The van der Waals surface area contributed by atoms with Gasteiger partial charge in [-0.25, -0.2) is 0 Å². The molecule has 0 aliphatic carbocycles. The van der Waals surface area contributed by atoms with Crippen molar-refractivity contribution in [1.29, 1.82) is 0 Å². The van der Waals surface area contributed by atoms with Crippen molar-refractivity contribution in [2.24, 2.45) is 5.73 Å². The van der Waals surface area contributed by atoms with E-state index in [1.165, 1.54) is 0 Å². The molecule has 0 spiro atoms. The van der Waals surface area contributed by atoms with E-state index in [9.17, 15) is 0 Å². The molecule has 6 heteroatoms. The molecule has 1 saturated heterocycles. The third kappa shape index (κ3) is 3.99. The van der Waals surface area contributed by atoms with Crippen LogP contribution >= 0.6 is 12.2 Å². The number of nitrogens with zero attached hydrogens (tertiary/aromatic N) is 4. The van der Waals surface area contributed by atoms with Gasteiger partial charge in [0.2, 0.25) is 0 Å². The highest BCUT2D eigenvalue weighted by Crippen LogP contribution is 2.09. The summed E-state index contributed by atoms with van der Waals surface area (Å²) in [4.78, 5) is 5.52. The smallest absolute Gasteiger partial charge is 0.0901 e. The minimum atomic E-state index is 0.267. The molecule has 1 aliphatic heterocycles. The predicted octanol–water partition coefficient (Wildman–Crippen LogP) is 0.565. The average Bonchev–Trinajstić information content (AvgIpc) is 2.91. The second-order valence-corrected chi connectivity index (χ2v) is 5.44. The van der Waals surface area contributed by atoms with Gasteiger partial charge in [-0.3, -0.25) is 14.5 Å². The van der Waals surface area contributed by atoms with E-state index < -0.39 is 0 Å². The molecular weight excluding hydrogens is 258 g/mol. The molecule has 0 radical (unpaired) electrons. The number of aromatic nitrogens is 2. The van der Waals surface area contributed by atoms with Crippen LogP contribution in [-0.2, 0) is 6.54 Å². The highest BCUT2D eigenvalue weighted by atomic mass is 32.1. The average molecular weight is 281 g/mol. The van der Waals surface area contributed by atoms with Gasteiger partial charge in [-0.1, -0.05) is 19.1 Å². The minimum Gasteiger partial charge on any atom is -0.392 e. The maximum Gasteiger partial charge on any atom is 0.0901 e. The van der Waals surface area contributed by atoms with Crippen LogP contribution in [0.25, 0.3) is 0 Å². The first-order valence-electron chi connectivity index (χ1n) is 6.94. The molecule has 0 saturated carbocycles. The first-order chi connectivity index (χ1) is 9.20. The van der Waals surface area contributed by atoms with Crippen molar-refractivity contribution < 1.29 is 0 Å². The Labute approximate surface area is 120 Å². The summed E-state index contributed by atoms with van der Waals surface area (Å²) in [5.74, 6) is 0. The zero-order chi connectivity index (χ0) is 13.7. The van der Waals surface area contributed by atoms with E-state index in [-0.39, 0.29) is 6.04 Å². The molecule has 1 aromatic rings. The van der Waals surface area contributed by atoms with Crippen LogP contribution in [-0.4, -0.2) is 63.3 Å². The van der Waals surface area contributed by atoms with Crippen molar-refractivity contribution in [3.05, 3.63) is 18.5 Å². The van der Waals surface area contributed by atoms with Crippen LogP contribution in [0.4, 0.5) is 0 Å². The minimum absolute atomic E-state index is 0.267. The fourth-order valence-electron chi connectivity index (χ4n) is 2.61. The van der Waals surface area contributed by atoms with Crippen molar-refractivity contribution >= 4 is 17.2 Å². The van der Waals surface area contributed by atoms with Gasteiger partial charge in [0.15, 0.2) is 0 Å². The Balaban J connectivity index is 1.74. The highest BCUT2D eigenvalue weighted by Gasteiger charge is 2.23. The predicted molar refractivity (Wildman–Crippen MR) is 81.1 cm³/mol. The molecule has 1 unspecified atom stereocenters. The van der Waals surface area contributed by atoms with Crippen LogP contribution in [0.1, 0.15) is 13.3 Å². The second kappa shape index (κ2) is 6.98. The normalized spacial score (nSPS) is 19.4. The molecule has 1 fully saturated rings. The Morgan fingerprint density at radius 2 is 2.05 bits per heavy atom. The number of piperazine rings is 1. The molecular formula is C13H23N5S. The van der Waals surface area contributed by atoms with Gasteiger partial charge in [-0.2, -0.15) is 5.10 Å². The number of nitrogens with two attached hydrogens (primary N) is 1. The van der Waals surface area contributed by atoms with E-state index in [0.717, 1.165) is 45.7 Å². The molecule has 1 aromatic heterocycles. The lowest BCUT2D eigenvalue weighted by Crippen LogP contribution is -2.53. The van der Waals surface area contributed by atoms with E-state index in [4.69, 9.17) is 18.0 Å². The molecule has 106 valence electrons. The third-order valence-corrected chi connectivity index (χ3v) is 4.04. The maximum absolute atomic E-state index is 5.80. The number of rotatable bonds is 6. The summed E-state index contributed by atoms with van der Waals surface area (Å²) in [6, 6.07) is 2.23. The fourth-order valence-corrected chi connectivity index (χ4v) is 2.93. The lowest BCUT2D eigenvalue weighted by molar-refractivity contribution is 0.113. The first kappa shape index (κ1) is 14.4. The van der Waals surface area contributed by atoms with Crippen molar-refractivity contribution in [2.75, 3.05) is 32.7 Å². The maximum atomic E-state index is 5.80. The highest BCUT2D eigenvalue weighted by molar-refractivity contribution is 7.80. The molecule has 2 heterocycles. The Morgan fingerprint density at radius 1 is 1.32 bits per heavy atom. The lowest BCUT2D eigenvalue weighted by Gasteiger charge is -2.38. The SMILES string of the molecule is CCC(C(N)=S)N1CCN(CCn2cccn2)CC1. The van der Waals surface area contributed by atoms with E-state index in [0.29, 0.717) is 4.99 Å². The largest absolute Gasteiger partial charge is 0.392 e. The van der Waals surface area contributed by atoms with Gasteiger partial charge in [-0.15, -0.1) is 0 Å². The van der Waals surface area contributed by atoms with Crippen LogP contribution in [0.2, 0.25) is 0 Å². The van der Waals surface area contributed by atoms with Crippen LogP contribution < -0.4 is 5.73 Å². The Bertz CT molecular complexity index is 384. The van der Waals surface area contributed by atoms with Crippen LogP contribution in [0.3, 0.4) is 0 Å². The molecule has 2 N–H and O–H groups in total. The molecule has 1 atom stereocenters. The van der Waals surface area contributed by atoms with Crippen molar-refractivity contribution in [3.63, 3.8) is 0 Å². The summed E-state index contributed by atoms with van der Waals surface area (Å²) in [7, 11) is 0. The monoisotopic (exact) mass is 281 g/mol. The van der Waals surface area contributed by atoms with E-state index in [2.05, 4.69) is 21.8 Å². The van der Waals surface area contributed by atoms with Crippen LogP contribution in [0.5, 0.6) is 0 Å². The molecule has 1 aliphatic rings. The molecule has 19 heavy (non-hydrogen) atoms. The molecule has 2 rings (SSSR count). The summed E-state index contributed by atoms with van der Waals surface area (Å²) in [6.07, 6.45) is 4.84. The fraction of sp³-hybridized carbons (Fsp3) is 0.692. The summed E-state index contributed by atoms with van der Waals surface area (Å²) in [5, 5.41) is 4.23. The third-order valence-electron chi connectivity index (χ3n) is 3.77. The Morgan fingerprint density at radius 3 is 2.58 bits per heavy atom. The first-order valence-corrected chi connectivity index (χ1v) is 7.34. The summed E-state index contributed by atoms with van der Waals surface area (Å²) >= 11 is 5.14. The van der Waals surface area contributed by atoms with Crippen LogP contribution in [0.15, 0.2) is 18.5 Å². The molecule has 0 aromatic carbocycles. The lowest BCUT2D eigenvalue weighted by atomic mass is 10.1. The van der Waals surface area contributed by atoms with Gasteiger partial charge >= 0.3 is 0 Å².